The van der Waals surface area contributed by atoms with Crippen LogP contribution in [0.5, 0.6) is 0 Å². The smallest absolute Gasteiger partial charge is 0.00664 e. The van der Waals surface area contributed by atoms with Crippen molar-refractivity contribution in [2.24, 2.45) is 11.8 Å². The first-order valence-electron chi connectivity index (χ1n) is 6.73. The van der Waals surface area contributed by atoms with Gasteiger partial charge in [0.25, 0.3) is 0 Å². The van der Waals surface area contributed by atoms with Crippen LogP contribution >= 0.6 is 0 Å². The second-order valence-electron chi connectivity index (χ2n) is 5.25. The highest BCUT2D eigenvalue weighted by molar-refractivity contribution is 4.70. The fourth-order valence-electron chi connectivity index (χ4n) is 2.07. The molecule has 3 unspecified atom stereocenters. The van der Waals surface area contributed by atoms with Gasteiger partial charge in [0.15, 0.2) is 0 Å². The van der Waals surface area contributed by atoms with Gasteiger partial charge in [-0.3, -0.25) is 0 Å². The molecule has 0 aromatic rings. The molecule has 3 atom stereocenters. The predicted molar refractivity (Wildman–Crippen MR) is 70.2 cm³/mol. The molecule has 0 radical (unpaired) electrons. The standard InChI is InChI=1S/C14H31N/c1-7-9-10-12(3)13(4)11-14(5)15(6)8-2/h12-14H,7-11H2,1-6H3. The molecule has 15 heavy (non-hydrogen) atoms. The van der Waals surface area contributed by atoms with Gasteiger partial charge < -0.3 is 4.90 Å². The molecule has 1 nitrogen and oxygen atoms in total. The van der Waals surface area contributed by atoms with Crippen LogP contribution in [-0.2, 0) is 0 Å². The van der Waals surface area contributed by atoms with Crippen molar-refractivity contribution < 1.29 is 0 Å². The van der Waals surface area contributed by atoms with E-state index in [4.69, 9.17) is 0 Å². The number of unbranched alkanes of at least 4 members (excludes halogenated alkanes) is 1. The van der Waals surface area contributed by atoms with Crippen molar-refractivity contribution in [2.45, 2.75) is 66.3 Å². The third-order valence-electron chi connectivity index (χ3n) is 3.95. The van der Waals surface area contributed by atoms with E-state index >= 15 is 0 Å². The molecule has 92 valence electrons. The van der Waals surface area contributed by atoms with E-state index in [0.717, 1.165) is 24.4 Å². The van der Waals surface area contributed by atoms with Gasteiger partial charge in [-0.1, -0.05) is 47.0 Å². The Bertz CT molecular complexity index is 144. The maximum Gasteiger partial charge on any atom is 0.00664 e. The minimum absolute atomic E-state index is 0.731. The van der Waals surface area contributed by atoms with Crippen LogP contribution in [0.4, 0.5) is 0 Å². The van der Waals surface area contributed by atoms with Gasteiger partial charge in [0.1, 0.15) is 0 Å². The van der Waals surface area contributed by atoms with E-state index in [-0.39, 0.29) is 0 Å². The summed E-state index contributed by atoms with van der Waals surface area (Å²) < 4.78 is 0. The zero-order valence-electron chi connectivity index (χ0n) is 11.7. The summed E-state index contributed by atoms with van der Waals surface area (Å²) in [6, 6.07) is 0.731. The van der Waals surface area contributed by atoms with Gasteiger partial charge in [0.05, 0.1) is 0 Å². The lowest BCUT2D eigenvalue weighted by atomic mass is 9.86. The lowest BCUT2D eigenvalue weighted by molar-refractivity contribution is 0.206. The molecule has 0 aliphatic carbocycles. The molecule has 1 heteroatoms. The predicted octanol–water partition coefficient (Wildman–Crippen LogP) is 4.18. The van der Waals surface area contributed by atoms with E-state index < -0.39 is 0 Å². The normalized spacial score (nSPS) is 17.8. The quantitative estimate of drug-likeness (QED) is 0.584. The molecule has 0 fully saturated rings. The molecule has 0 amide bonds. The Labute approximate surface area is 97.2 Å². The highest BCUT2D eigenvalue weighted by Crippen LogP contribution is 2.23. The van der Waals surface area contributed by atoms with Crippen LogP contribution in [0.25, 0.3) is 0 Å². The molecule has 0 heterocycles. The maximum absolute atomic E-state index is 2.45. The molecule has 0 aliphatic heterocycles. The average molecular weight is 213 g/mol. The van der Waals surface area contributed by atoms with Crippen molar-refractivity contribution in [3.8, 4) is 0 Å². The van der Waals surface area contributed by atoms with Crippen molar-refractivity contribution >= 4 is 0 Å². The zero-order valence-corrected chi connectivity index (χ0v) is 11.7. The van der Waals surface area contributed by atoms with E-state index in [1.165, 1.54) is 25.7 Å². The molecule has 0 saturated carbocycles. The summed E-state index contributed by atoms with van der Waals surface area (Å²) in [6.45, 7) is 12.9. The molecular weight excluding hydrogens is 182 g/mol. The van der Waals surface area contributed by atoms with Crippen LogP contribution in [-0.4, -0.2) is 24.5 Å². The van der Waals surface area contributed by atoms with E-state index in [1.54, 1.807) is 0 Å². The summed E-state index contributed by atoms with van der Waals surface area (Å²) in [7, 11) is 2.23. The van der Waals surface area contributed by atoms with Crippen LogP contribution in [0, 0.1) is 11.8 Å². The number of nitrogens with zero attached hydrogens (tertiary/aromatic N) is 1. The largest absolute Gasteiger partial charge is 0.304 e. The zero-order chi connectivity index (χ0) is 11.8. The second-order valence-corrected chi connectivity index (χ2v) is 5.25. The summed E-state index contributed by atoms with van der Waals surface area (Å²) in [6.07, 6.45) is 5.47. The summed E-state index contributed by atoms with van der Waals surface area (Å²) in [5, 5.41) is 0. The van der Waals surface area contributed by atoms with Crippen LogP contribution in [0.3, 0.4) is 0 Å². The lowest BCUT2D eigenvalue weighted by Crippen LogP contribution is -2.31. The van der Waals surface area contributed by atoms with Gasteiger partial charge in [0, 0.05) is 6.04 Å². The molecule has 0 saturated heterocycles. The maximum atomic E-state index is 2.45. The Morgan fingerprint density at radius 3 is 2.07 bits per heavy atom. The molecule has 0 aromatic heterocycles. The molecular formula is C14H31N. The molecule has 0 bridgehead atoms. The molecule has 0 spiro atoms. The molecule has 0 aliphatic rings. The van der Waals surface area contributed by atoms with E-state index in [2.05, 4.69) is 46.6 Å². The highest BCUT2D eigenvalue weighted by Gasteiger charge is 2.16. The Morgan fingerprint density at radius 1 is 1.00 bits per heavy atom. The number of hydrogen-bond acceptors (Lipinski definition) is 1. The van der Waals surface area contributed by atoms with Gasteiger partial charge in [-0.2, -0.15) is 0 Å². The van der Waals surface area contributed by atoms with E-state index in [1.807, 2.05) is 0 Å². The Balaban J connectivity index is 3.84. The third kappa shape index (κ3) is 6.19. The van der Waals surface area contributed by atoms with Crippen molar-refractivity contribution in [1.29, 1.82) is 0 Å². The Morgan fingerprint density at radius 2 is 1.60 bits per heavy atom. The number of hydrogen-bond donors (Lipinski definition) is 0. The Kier molecular flexibility index (Phi) is 8.13. The van der Waals surface area contributed by atoms with Crippen molar-refractivity contribution in [3.63, 3.8) is 0 Å². The van der Waals surface area contributed by atoms with E-state index in [0.29, 0.717) is 0 Å². The minimum atomic E-state index is 0.731. The van der Waals surface area contributed by atoms with Crippen LogP contribution < -0.4 is 0 Å². The van der Waals surface area contributed by atoms with E-state index in [9.17, 15) is 0 Å². The number of rotatable bonds is 8. The molecule has 0 rings (SSSR count). The van der Waals surface area contributed by atoms with Gasteiger partial charge in [-0.25, -0.2) is 0 Å². The molecule has 0 aromatic carbocycles. The summed E-state index contributed by atoms with van der Waals surface area (Å²) in [5.41, 5.74) is 0. The van der Waals surface area contributed by atoms with Crippen molar-refractivity contribution in [2.75, 3.05) is 13.6 Å². The van der Waals surface area contributed by atoms with Gasteiger partial charge >= 0.3 is 0 Å². The highest BCUT2D eigenvalue weighted by atomic mass is 15.1. The fraction of sp³-hybridized carbons (Fsp3) is 1.00. The third-order valence-corrected chi connectivity index (χ3v) is 3.95. The van der Waals surface area contributed by atoms with Gasteiger partial charge in [-0.05, 0) is 38.8 Å². The topological polar surface area (TPSA) is 3.24 Å². The van der Waals surface area contributed by atoms with Crippen LogP contribution in [0.15, 0.2) is 0 Å². The van der Waals surface area contributed by atoms with Gasteiger partial charge in [0.2, 0.25) is 0 Å². The SMILES string of the molecule is CCCCC(C)C(C)CC(C)N(C)CC. The lowest BCUT2D eigenvalue weighted by Gasteiger charge is -2.28. The second kappa shape index (κ2) is 8.15. The Hall–Kier alpha value is -0.0400. The molecule has 0 N–H and O–H groups in total. The summed E-state index contributed by atoms with van der Waals surface area (Å²) >= 11 is 0. The van der Waals surface area contributed by atoms with Gasteiger partial charge in [-0.15, -0.1) is 0 Å². The fourth-order valence-corrected chi connectivity index (χ4v) is 2.07. The monoisotopic (exact) mass is 213 g/mol. The summed E-state index contributed by atoms with van der Waals surface area (Å²) in [5.74, 6) is 1.75. The van der Waals surface area contributed by atoms with Crippen molar-refractivity contribution in [1.82, 2.24) is 4.90 Å². The van der Waals surface area contributed by atoms with Crippen LogP contribution in [0.2, 0.25) is 0 Å². The average Bonchev–Trinajstić information content (AvgIpc) is 2.24. The minimum Gasteiger partial charge on any atom is -0.304 e. The van der Waals surface area contributed by atoms with Crippen molar-refractivity contribution in [3.05, 3.63) is 0 Å². The van der Waals surface area contributed by atoms with Crippen LogP contribution in [0.1, 0.15) is 60.3 Å². The first-order valence-corrected chi connectivity index (χ1v) is 6.73. The summed E-state index contributed by atoms with van der Waals surface area (Å²) in [4.78, 5) is 2.45. The first kappa shape index (κ1) is 15.0. The first-order chi connectivity index (χ1) is 7.02.